The lowest BCUT2D eigenvalue weighted by atomic mass is 10.1. The average Bonchev–Trinajstić information content (AvgIpc) is 2.40. The normalized spacial score (nSPS) is 10.3. The summed E-state index contributed by atoms with van der Waals surface area (Å²) in [6, 6.07) is 8.11. The van der Waals surface area contributed by atoms with Crippen molar-refractivity contribution < 1.29 is 14.1 Å². The van der Waals surface area contributed by atoms with Crippen LogP contribution in [-0.2, 0) is 6.42 Å². The zero-order valence-corrected chi connectivity index (χ0v) is 11.4. The molecule has 0 spiro atoms. The summed E-state index contributed by atoms with van der Waals surface area (Å²) in [5, 5.41) is 11.3. The number of nitrogens with zero attached hydrogens (tertiary/aromatic N) is 1. The third-order valence-electron chi connectivity index (χ3n) is 2.70. The number of non-ortho nitro benzene ring substituents is 1. The predicted octanol–water partition coefficient (Wildman–Crippen LogP) is 4.74. The van der Waals surface area contributed by atoms with Crippen molar-refractivity contribution in [2.75, 3.05) is 0 Å². The standard InChI is InChI=1S/C14H11ClFNO3/c1-2-9-5-12(3-4-14(9)15)20-13-7-10(16)6-11(8-13)17(18)19/h3-8H,2H2,1H3. The van der Waals surface area contributed by atoms with E-state index in [2.05, 4.69) is 0 Å². The van der Waals surface area contributed by atoms with Crippen molar-refractivity contribution in [1.82, 2.24) is 0 Å². The second-order valence-electron chi connectivity index (χ2n) is 4.11. The van der Waals surface area contributed by atoms with E-state index in [1.807, 2.05) is 6.92 Å². The van der Waals surface area contributed by atoms with Crippen molar-refractivity contribution in [2.24, 2.45) is 0 Å². The number of benzene rings is 2. The Morgan fingerprint density at radius 3 is 2.65 bits per heavy atom. The molecule has 0 aliphatic rings. The number of ether oxygens (including phenoxy) is 1. The fourth-order valence-corrected chi connectivity index (χ4v) is 1.99. The van der Waals surface area contributed by atoms with E-state index in [4.69, 9.17) is 16.3 Å². The fraction of sp³-hybridized carbons (Fsp3) is 0.143. The molecular weight excluding hydrogens is 285 g/mol. The van der Waals surface area contributed by atoms with Gasteiger partial charge in [0.25, 0.3) is 5.69 Å². The fourth-order valence-electron chi connectivity index (χ4n) is 1.73. The van der Waals surface area contributed by atoms with Gasteiger partial charge in [0, 0.05) is 11.1 Å². The summed E-state index contributed by atoms with van der Waals surface area (Å²) in [6.07, 6.45) is 0.722. The summed E-state index contributed by atoms with van der Waals surface area (Å²) in [6.45, 7) is 1.94. The molecule has 0 aliphatic heterocycles. The van der Waals surface area contributed by atoms with Gasteiger partial charge in [0.15, 0.2) is 0 Å². The first kappa shape index (κ1) is 14.3. The summed E-state index contributed by atoms with van der Waals surface area (Å²) in [5.41, 5.74) is 0.528. The monoisotopic (exact) mass is 295 g/mol. The molecule has 0 atom stereocenters. The molecule has 0 amide bonds. The minimum absolute atomic E-state index is 0.0704. The van der Waals surface area contributed by atoms with Crippen LogP contribution in [0.3, 0.4) is 0 Å². The van der Waals surface area contributed by atoms with Gasteiger partial charge < -0.3 is 4.74 Å². The van der Waals surface area contributed by atoms with Gasteiger partial charge in [-0.2, -0.15) is 0 Å². The van der Waals surface area contributed by atoms with E-state index < -0.39 is 10.7 Å². The van der Waals surface area contributed by atoms with Crippen molar-refractivity contribution in [2.45, 2.75) is 13.3 Å². The lowest BCUT2D eigenvalue weighted by molar-refractivity contribution is -0.385. The van der Waals surface area contributed by atoms with E-state index in [0.717, 1.165) is 24.1 Å². The molecule has 0 radical (unpaired) electrons. The van der Waals surface area contributed by atoms with E-state index in [1.54, 1.807) is 18.2 Å². The van der Waals surface area contributed by atoms with Crippen LogP contribution in [0.5, 0.6) is 11.5 Å². The number of halogens is 2. The highest BCUT2D eigenvalue weighted by atomic mass is 35.5. The molecule has 20 heavy (non-hydrogen) atoms. The maximum Gasteiger partial charge on any atom is 0.276 e. The molecule has 0 bridgehead atoms. The Labute approximate surface area is 119 Å². The molecular formula is C14H11ClFNO3. The molecule has 0 saturated heterocycles. The molecule has 2 rings (SSSR count). The van der Waals surface area contributed by atoms with Gasteiger partial charge in [-0.1, -0.05) is 18.5 Å². The largest absolute Gasteiger partial charge is 0.457 e. The van der Waals surface area contributed by atoms with Crippen molar-refractivity contribution in [1.29, 1.82) is 0 Å². The topological polar surface area (TPSA) is 52.4 Å². The third-order valence-corrected chi connectivity index (χ3v) is 3.07. The minimum Gasteiger partial charge on any atom is -0.457 e. The molecule has 0 heterocycles. The van der Waals surface area contributed by atoms with Gasteiger partial charge >= 0.3 is 0 Å². The summed E-state index contributed by atoms with van der Waals surface area (Å²) < 4.78 is 18.7. The molecule has 0 N–H and O–H groups in total. The number of nitro groups is 1. The number of aryl methyl sites for hydroxylation is 1. The second kappa shape index (κ2) is 5.88. The smallest absolute Gasteiger partial charge is 0.276 e. The highest BCUT2D eigenvalue weighted by molar-refractivity contribution is 6.31. The second-order valence-corrected chi connectivity index (χ2v) is 4.52. The van der Waals surface area contributed by atoms with Crippen LogP contribution in [0.25, 0.3) is 0 Å². The molecule has 0 saturated carbocycles. The van der Waals surface area contributed by atoms with E-state index in [0.29, 0.717) is 10.8 Å². The summed E-state index contributed by atoms with van der Waals surface area (Å²) in [5.74, 6) is -0.203. The minimum atomic E-state index is -0.723. The highest BCUT2D eigenvalue weighted by Gasteiger charge is 2.11. The van der Waals surface area contributed by atoms with Crippen molar-refractivity contribution in [3.8, 4) is 11.5 Å². The van der Waals surface area contributed by atoms with Gasteiger partial charge in [0.05, 0.1) is 17.1 Å². The summed E-state index contributed by atoms with van der Waals surface area (Å²) >= 11 is 5.99. The van der Waals surface area contributed by atoms with Gasteiger partial charge in [0.1, 0.15) is 17.3 Å². The van der Waals surface area contributed by atoms with Crippen molar-refractivity contribution in [3.63, 3.8) is 0 Å². The number of nitro benzene ring substituents is 1. The van der Waals surface area contributed by atoms with Crippen molar-refractivity contribution in [3.05, 3.63) is 62.9 Å². The predicted molar refractivity (Wildman–Crippen MR) is 74.0 cm³/mol. The first-order valence-electron chi connectivity index (χ1n) is 5.91. The lowest BCUT2D eigenvalue weighted by Gasteiger charge is -2.08. The molecule has 0 aliphatic carbocycles. The van der Waals surface area contributed by atoms with Crippen LogP contribution in [0.15, 0.2) is 36.4 Å². The van der Waals surface area contributed by atoms with Crippen LogP contribution in [-0.4, -0.2) is 4.92 Å². The van der Waals surface area contributed by atoms with Gasteiger partial charge in [0.2, 0.25) is 0 Å². The maximum absolute atomic E-state index is 13.3. The third kappa shape index (κ3) is 3.24. The zero-order valence-electron chi connectivity index (χ0n) is 10.6. The highest BCUT2D eigenvalue weighted by Crippen LogP contribution is 2.29. The molecule has 0 fully saturated rings. The van der Waals surface area contributed by atoms with Crippen LogP contribution in [0.1, 0.15) is 12.5 Å². The summed E-state index contributed by atoms with van der Waals surface area (Å²) in [4.78, 5) is 10.00. The molecule has 2 aromatic rings. The zero-order chi connectivity index (χ0) is 14.7. The lowest BCUT2D eigenvalue weighted by Crippen LogP contribution is -1.92. The molecule has 4 nitrogen and oxygen atoms in total. The molecule has 0 unspecified atom stereocenters. The van der Waals surface area contributed by atoms with Crippen LogP contribution in [0.2, 0.25) is 5.02 Å². The van der Waals surface area contributed by atoms with Crippen LogP contribution < -0.4 is 4.74 Å². The number of hydrogen-bond donors (Lipinski definition) is 0. The Hall–Kier alpha value is -2.14. The van der Waals surface area contributed by atoms with E-state index in [1.165, 1.54) is 6.07 Å². The number of rotatable bonds is 4. The van der Waals surface area contributed by atoms with E-state index >= 15 is 0 Å². The van der Waals surface area contributed by atoms with Crippen LogP contribution >= 0.6 is 11.6 Å². The molecule has 6 heteroatoms. The van der Waals surface area contributed by atoms with Gasteiger partial charge in [-0.3, -0.25) is 10.1 Å². The first-order chi connectivity index (χ1) is 9.49. The Balaban J connectivity index is 2.32. The molecule has 104 valence electrons. The van der Waals surface area contributed by atoms with Gasteiger partial charge in [-0.15, -0.1) is 0 Å². The molecule has 2 aromatic carbocycles. The Kier molecular flexibility index (Phi) is 4.20. The van der Waals surface area contributed by atoms with Gasteiger partial charge in [-0.25, -0.2) is 4.39 Å². The summed E-state index contributed by atoms with van der Waals surface area (Å²) in [7, 11) is 0. The Bertz CT molecular complexity index is 661. The Morgan fingerprint density at radius 1 is 1.25 bits per heavy atom. The van der Waals surface area contributed by atoms with E-state index in [-0.39, 0.29) is 11.4 Å². The first-order valence-corrected chi connectivity index (χ1v) is 6.28. The quantitative estimate of drug-likeness (QED) is 0.604. The Morgan fingerprint density at radius 2 is 2.00 bits per heavy atom. The number of hydrogen-bond acceptors (Lipinski definition) is 3. The average molecular weight is 296 g/mol. The molecule has 0 aromatic heterocycles. The van der Waals surface area contributed by atoms with Crippen LogP contribution in [0, 0.1) is 15.9 Å². The maximum atomic E-state index is 13.3. The van der Waals surface area contributed by atoms with E-state index in [9.17, 15) is 14.5 Å². The van der Waals surface area contributed by atoms with Crippen molar-refractivity contribution >= 4 is 17.3 Å². The van der Waals surface area contributed by atoms with Crippen LogP contribution in [0.4, 0.5) is 10.1 Å². The SMILES string of the molecule is CCc1cc(Oc2cc(F)cc([N+](=O)[O-])c2)ccc1Cl. The van der Waals surface area contributed by atoms with Gasteiger partial charge in [-0.05, 0) is 30.2 Å².